The van der Waals surface area contributed by atoms with Crippen molar-refractivity contribution in [3.63, 3.8) is 0 Å². The first kappa shape index (κ1) is 13.6. The Bertz CT molecular complexity index is 414. The zero-order chi connectivity index (χ0) is 13.4. The van der Waals surface area contributed by atoms with Crippen molar-refractivity contribution in [2.75, 3.05) is 0 Å². The largest absolute Gasteiger partial charge is 0.324 e. The first-order chi connectivity index (χ1) is 8.41. The molecule has 2 unspecified atom stereocenters. The van der Waals surface area contributed by atoms with Gasteiger partial charge in [-0.1, -0.05) is 46.8 Å². The normalized spacial score (nSPS) is 23.6. The monoisotopic (exact) mass is 245 g/mol. The average Bonchev–Trinajstić information content (AvgIpc) is 2.32. The Balaban J connectivity index is 2.64. The van der Waals surface area contributed by atoms with Crippen LogP contribution in [0.5, 0.6) is 0 Å². The average molecular weight is 245 g/mol. The molecular weight excluding hydrogens is 218 g/mol. The van der Waals surface area contributed by atoms with Crippen molar-refractivity contribution in [3.8, 4) is 0 Å². The molecule has 1 aliphatic carbocycles. The summed E-state index contributed by atoms with van der Waals surface area (Å²) in [5.74, 6) is 1.83. The van der Waals surface area contributed by atoms with Crippen molar-refractivity contribution < 1.29 is 0 Å². The van der Waals surface area contributed by atoms with Gasteiger partial charge in [0.05, 0.1) is 0 Å². The lowest BCUT2D eigenvalue weighted by Gasteiger charge is -2.32. The minimum Gasteiger partial charge on any atom is -0.324 e. The molecule has 0 radical (unpaired) electrons. The van der Waals surface area contributed by atoms with E-state index in [2.05, 4.69) is 46.8 Å². The van der Waals surface area contributed by atoms with Gasteiger partial charge in [0, 0.05) is 6.04 Å². The molecule has 1 nitrogen and oxygen atoms in total. The standard InChI is InChI=1S/C17H27N/c1-10(2)13-8-14(11(3)4)17-12(5)6-7-16(18)15(17)9-13/h8-12,16H,6-7,18H2,1-5H3. The van der Waals surface area contributed by atoms with E-state index in [1.54, 1.807) is 5.56 Å². The van der Waals surface area contributed by atoms with Crippen LogP contribution in [0.3, 0.4) is 0 Å². The lowest BCUT2D eigenvalue weighted by atomic mass is 9.75. The highest BCUT2D eigenvalue weighted by Gasteiger charge is 2.26. The van der Waals surface area contributed by atoms with E-state index in [1.165, 1.54) is 23.1 Å². The number of hydrogen-bond acceptors (Lipinski definition) is 1. The summed E-state index contributed by atoms with van der Waals surface area (Å²) in [4.78, 5) is 0. The van der Waals surface area contributed by atoms with Gasteiger partial charge in [-0.25, -0.2) is 0 Å². The second kappa shape index (κ2) is 5.05. The van der Waals surface area contributed by atoms with Gasteiger partial charge in [-0.05, 0) is 52.8 Å². The van der Waals surface area contributed by atoms with E-state index in [-0.39, 0.29) is 6.04 Å². The Labute approximate surface area is 112 Å². The first-order valence-corrected chi connectivity index (χ1v) is 7.35. The minimum absolute atomic E-state index is 0.243. The highest BCUT2D eigenvalue weighted by molar-refractivity contribution is 5.46. The van der Waals surface area contributed by atoms with Crippen LogP contribution in [0.25, 0.3) is 0 Å². The van der Waals surface area contributed by atoms with Crippen molar-refractivity contribution in [3.05, 3.63) is 34.4 Å². The smallest absolute Gasteiger partial charge is 0.0298 e. The molecule has 0 saturated heterocycles. The van der Waals surface area contributed by atoms with Gasteiger partial charge in [0.2, 0.25) is 0 Å². The van der Waals surface area contributed by atoms with Gasteiger partial charge in [0.15, 0.2) is 0 Å². The molecule has 2 atom stereocenters. The van der Waals surface area contributed by atoms with Crippen LogP contribution in [0.2, 0.25) is 0 Å². The molecule has 0 spiro atoms. The molecule has 1 heteroatoms. The maximum absolute atomic E-state index is 6.35. The molecule has 0 fully saturated rings. The molecule has 0 saturated carbocycles. The molecule has 0 aromatic heterocycles. The quantitative estimate of drug-likeness (QED) is 0.793. The van der Waals surface area contributed by atoms with E-state index in [0.29, 0.717) is 17.8 Å². The van der Waals surface area contributed by atoms with Crippen LogP contribution in [0.4, 0.5) is 0 Å². The summed E-state index contributed by atoms with van der Waals surface area (Å²) in [7, 11) is 0. The topological polar surface area (TPSA) is 26.0 Å². The highest BCUT2D eigenvalue weighted by atomic mass is 14.6. The third kappa shape index (κ3) is 2.33. The molecule has 2 rings (SSSR count). The lowest BCUT2D eigenvalue weighted by molar-refractivity contribution is 0.506. The molecule has 1 aliphatic rings. The molecule has 0 heterocycles. The van der Waals surface area contributed by atoms with E-state index >= 15 is 0 Å². The van der Waals surface area contributed by atoms with E-state index in [9.17, 15) is 0 Å². The number of fused-ring (bicyclic) bond motifs is 1. The summed E-state index contributed by atoms with van der Waals surface area (Å²) < 4.78 is 0. The van der Waals surface area contributed by atoms with Crippen LogP contribution in [0, 0.1) is 0 Å². The fraction of sp³-hybridized carbons (Fsp3) is 0.647. The number of hydrogen-bond donors (Lipinski definition) is 1. The molecule has 0 bridgehead atoms. The van der Waals surface area contributed by atoms with E-state index in [1.807, 2.05) is 0 Å². The van der Waals surface area contributed by atoms with Gasteiger partial charge in [-0.15, -0.1) is 0 Å². The van der Waals surface area contributed by atoms with Crippen molar-refractivity contribution in [2.45, 2.75) is 71.3 Å². The molecule has 100 valence electrons. The molecule has 0 amide bonds. The zero-order valence-electron chi connectivity index (χ0n) is 12.5. The fourth-order valence-electron chi connectivity index (χ4n) is 3.14. The second-order valence-electron chi connectivity index (χ2n) is 6.51. The predicted molar refractivity (Wildman–Crippen MR) is 79.2 cm³/mol. The van der Waals surface area contributed by atoms with Crippen LogP contribution in [0.15, 0.2) is 12.1 Å². The Morgan fingerprint density at radius 3 is 2.28 bits per heavy atom. The van der Waals surface area contributed by atoms with Gasteiger partial charge in [0.1, 0.15) is 0 Å². The van der Waals surface area contributed by atoms with Gasteiger partial charge >= 0.3 is 0 Å². The third-order valence-electron chi connectivity index (χ3n) is 4.36. The van der Waals surface area contributed by atoms with Crippen LogP contribution in [-0.2, 0) is 0 Å². The van der Waals surface area contributed by atoms with E-state index < -0.39 is 0 Å². The van der Waals surface area contributed by atoms with E-state index in [0.717, 1.165) is 6.42 Å². The minimum atomic E-state index is 0.243. The zero-order valence-corrected chi connectivity index (χ0v) is 12.5. The van der Waals surface area contributed by atoms with Gasteiger partial charge < -0.3 is 5.73 Å². The Hall–Kier alpha value is -0.820. The third-order valence-corrected chi connectivity index (χ3v) is 4.36. The SMILES string of the molecule is CC(C)c1cc(C(C)C)c2c(c1)C(N)CCC2C. The summed E-state index contributed by atoms with van der Waals surface area (Å²) in [6.45, 7) is 11.5. The maximum Gasteiger partial charge on any atom is 0.0298 e. The first-order valence-electron chi connectivity index (χ1n) is 7.35. The number of rotatable bonds is 2. The Kier molecular flexibility index (Phi) is 3.82. The van der Waals surface area contributed by atoms with Crippen LogP contribution in [-0.4, -0.2) is 0 Å². The Morgan fingerprint density at radius 1 is 1.06 bits per heavy atom. The molecule has 2 N–H and O–H groups in total. The molecular formula is C17H27N. The van der Waals surface area contributed by atoms with Gasteiger partial charge in [-0.2, -0.15) is 0 Å². The van der Waals surface area contributed by atoms with Crippen LogP contribution >= 0.6 is 0 Å². The van der Waals surface area contributed by atoms with Gasteiger partial charge in [-0.3, -0.25) is 0 Å². The molecule has 0 aliphatic heterocycles. The highest BCUT2D eigenvalue weighted by Crippen LogP contribution is 2.41. The molecule has 1 aromatic rings. The van der Waals surface area contributed by atoms with Crippen LogP contribution in [0.1, 0.15) is 93.5 Å². The summed E-state index contributed by atoms with van der Waals surface area (Å²) in [6.07, 6.45) is 2.36. The predicted octanol–water partition coefficient (Wildman–Crippen LogP) is 4.83. The van der Waals surface area contributed by atoms with Crippen LogP contribution < -0.4 is 5.73 Å². The van der Waals surface area contributed by atoms with E-state index in [4.69, 9.17) is 5.73 Å². The Morgan fingerprint density at radius 2 is 1.72 bits per heavy atom. The lowest BCUT2D eigenvalue weighted by Crippen LogP contribution is -2.22. The van der Waals surface area contributed by atoms with Crippen molar-refractivity contribution >= 4 is 0 Å². The van der Waals surface area contributed by atoms with Crippen molar-refractivity contribution in [2.24, 2.45) is 5.73 Å². The van der Waals surface area contributed by atoms with Gasteiger partial charge in [0.25, 0.3) is 0 Å². The molecule has 18 heavy (non-hydrogen) atoms. The maximum atomic E-state index is 6.35. The summed E-state index contributed by atoms with van der Waals surface area (Å²) in [5, 5.41) is 0. The van der Waals surface area contributed by atoms with Crippen molar-refractivity contribution in [1.82, 2.24) is 0 Å². The number of benzene rings is 1. The van der Waals surface area contributed by atoms with Crippen molar-refractivity contribution in [1.29, 1.82) is 0 Å². The summed E-state index contributed by atoms with van der Waals surface area (Å²) in [5.41, 5.74) is 12.3. The number of nitrogens with two attached hydrogens (primary N) is 1. The summed E-state index contributed by atoms with van der Waals surface area (Å²) in [6, 6.07) is 5.03. The molecule has 1 aromatic carbocycles. The second-order valence-corrected chi connectivity index (χ2v) is 6.51. The summed E-state index contributed by atoms with van der Waals surface area (Å²) >= 11 is 0. The fourth-order valence-corrected chi connectivity index (χ4v) is 3.14.